The first-order valence-corrected chi connectivity index (χ1v) is 8.64. The van der Waals surface area contributed by atoms with Gasteiger partial charge in [-0.25, -0.2) is 4.18 Å². The minimum Gasteiger partial charge on any atom is -0.434 e. The summed E-state index contributed by atoms with van der Waals surface area (Å²) in [6.45, 7) is 3.97. The first-order chi connectivity index (χ1) is 11.2. The number of hydrogen-bond donors (Lipinski definition) is 1. The second kappa shape index (κ2) is 5.92. The predicted octanol–water partition coefficient (Wildman–Crippen LogP) is 2.58. The Labute approximate surface area is 142 Å². The molecular formula is C14H18F3N2O5S+. The molecule has 0 aromatic carbocycles. The lowest BCUT2D eigenvalue weighted by molar-refractivity contribution is -0.803. The number of quaternary nitrogens is 1. The van der Waals surface area contributed by atoms with E-state index in [1.165, 1.54) is 20.8 Å². The number of carboxylic acid groups (broad SMARTS) is 1. The molecule has 1 aliphatic heterocycles. The van der Waals surface area contributed by atoms with Gasteiger partial charge in [-0.05, 0) is 32.4 Å². The van der Waals surface area contributed by atoms with Crippen LogP contribution in [0, 0.1) is 0 Å². The maximum atomic E-state index is 12.6. The fourth-order valence-electron chi connectivity index (χ4n) is 3.13. The SMILES string of the molecule is CC(C)(C)[N+]1(C(=O)O)[C@@H](Cc2ccc(C(F)(F)F)nc2)COS1(=O)=O. The third kappa shape index (κ3) is 3.11. The Kier molecular flexibility index (Phi) is 4.64. The lowest BCUT2D eigenvalue weighted by Crippen LogP contribution is -2.68. The summed E-state index contributed by atoms with van der Waals surface area (Å²) in [6.07, 6.45) is -5.35. The Hall–Kier alpha value is -1.72. The number of nitrogens with zero attached hydrogens (tertiary/aromatic N) is 2. The van der Waals surface area contributed by atoms with E-state index in [2.05, 4.69) is 4.98 Å². The van der Waals surface area contributed by atoms with Gasteiger partial charge in [0.05, 0.1) is 0 Å². The van der Waals surface area contributed by atoms with Gasteiger partial charge < -0.3 is 5.11 Å². The average molecular weight is 383 g/mol. The van der Waals surface area contributed by atoms with Crippen molar-refractivity contribution in [3.63, 3.8) is 0 Å². The van der Waals surface area contributed by atoms with Crippen molar-refractivity contribution in [1.29, 1.82) is 0 Å². The molecule has 1 fully saturated rings. The molecule has 2 heterocycles. The summed E-state index contributed by atoms with van der Waals surface area (Å²) < 4.78 is 65.8. The average Bonchev–Trinajstić information content (AvgIpc) is 2.69. The number of rotatable bonds is 2. The van der Waals surface area contributed by atoms with Gasteiger partial charge in [-0.2, -0.15) is 18.0 Å². The van der Waals surface area contributed by atoms with Gasteiger partial charge in [0.15, 0.2) is 0 Å². The second-order valence-corrected chi connectivity index (χ2v) is 8.40. The second-order valence-electron chi connectivity index (χ2n) is 6.73. The van der Waals surface area contributed by atoms with Crippen LogP contribution in [0.25, 0.3) is 0 Å². The molecule has 0 aliphatic carbocycles. The molecule has 2 atom stereocenters. The number of alkyl halides is 3. The Morgan fingerprint density at radius 2 is 1.96 bits per heavy atom. The molecule has 1 amide bonds. The molecule has 1 aliphatic rings. The maximum Gasteiger partial charge on any atom is 0.532 e. The number of pyridine rings is 1. The topological polar surface area (TPSA) is 93.6 Å². The van der Waals surface area contributed by atoms with Gasteiger partial charge in [0.25, 0.3) is 0 Å². The number of hydrogen-bond acceptors (Lipinski definition) is 5. The minimum atomic E-state index is -4.59. The minimum absolute atomic E-state index is 0.117. The highest BCUT2D eigenvalue weighted by molar-refractivity contribution is 7.81. The van der Waals surface area contributed by atoms with Crippen molar-refractivity contribution in [2.45, 2.75) is 44.9 Å². The highest BCUT2D eigenvalue weighted by Gasteiger charge is 2.68. The van der Waals surface area contributed by atoms with Crippen molar-refractivity contribution in [2.24, 2.45) is 0 Å². The first-order valence-electron chi connectivity index (χ1n) is 7.27. The Balaban J connectivity index is 2.43. The summed E-state index contributed by atoms with van der Waals surface area (Å²) in [6, 6.07) is 0.896. The molecule has 1 aromatic rings. The van der Waals surface area contributed by atoms with E-state index in [1.807, 2.05) is 0 Å². The first kappa shape index (κ1) is 19.6. The molecule has 0 bridgehead atoms. The van der Waals surface area contributed by atoms with Crippen molar-refractivity contribution in [3.05, 3.63) is 29.6 Å². The molecule has 1 unspecified atom stereocenters. The third-order valence-electron chi connectivity index (χ3n) is 4.14. The predicted molar refractivity (Wildman–Crippen MR) is 79.6 cm³/mol. The van der Waals surface area contributed by atoms with E-state index in [0.717, 1.165) is 18.3 Å². The van der Waals surface area contributed by atoms with Crippen LogP contribution in [0.2, 0.25) is 0 Å². The quantitative estimate of drug-likeness (QED) is 0.789. The van der Waals surface area contributed by atoms with Crippen molar-refractivity contribution < 1.29 is 39.6 Å². The molecule has 2 rings (SSSR count). The van der Waals surface area contributed by atoms with E-state index < -0.39 is 43.7 Å². The van der Waals surface area contributed by atoms with Crippen LogP contribution in [-0.4, -0.2) is 46.7 Å². The van der Waals surface area contributed by atoms with Gasteiger partial charge in [0, 0.05) is 12.6 Å². The Morgan fingerprint density at radius 1 is 1.36 bits per heavy atom. The van der Waals surface area contributed by atoms with Crippen LogP contribution in [0.15, 0.2) is 18.3 Å². The zero-order valence-electron chi connectivity index (χ0n) is 13.7. The van der Waals surface area contributed by atoms with E-state index in [1.54, 1.807) is 0 Å². The van der Waals surface area contributed by atoms with Crippen LogP contribution in [-0.2, 0) is 27.1 Å². The van der Waals surface area contributed by atoms with E-state index in [9.17, 15) is 31.5 Å². The highest BCUT2D eigenvalue weighted by Crippen LogP contribution is 2.41. The summed E-state index contributed by atoms with van der Waals surface area (Å²) in [7, 11) is -4.47. The summed E-state index contributed by atoms with van der Waals surface area (Å²) in [5, 5.41) is 9.68. The maximum absolute atomic E-state index is 12.6. The van der Waals surface area contributed by atoms with Gasteiger partial charge in [-0.3, -0.25) is 4.98 Å². The van der Waals surface area contributed by atoms with E-state index in [0.29, 0.717) is 0 Å². The third-order valence-corrected chi connectivity index (χ3v) is 6.28. The standard InChI is InChI=1S/C14H17F3N2O5S/c1-13(2,3)19(12(20)21)10(8-24-25(19,22)23)6-9-4-5-11(18-7-9)14(15,16)17/h4-5,7,10H,6,8H2,1-3H3/p+1/t10-,19?/m0/s1. The summed E-state index contributed by atoms with van der Waals surface area (Å²) in [4.78, 5) is 15.2. The van der Waals surface area contributed by atoms with Gasteiger partial charge >= 0.3 is 22.6 Å². The van der Waals surface area contributed by atoms with Crippen molar-refractivity contribution in [2.75, 3.05) is 6.61 Å². The van der Waals surface area contributed by atoms with E-state index in [-0.39, 0.29) is 18.6 Å². The van der Waals surface area contributed by atoms with Gasteiger partial charge in [-0.1, -0.05) is 9.95 Å². The monoisotopic (exact) mass is 383 g/mol. The molecule has 1 aromatic heterocycles. The molecule has 25 heavy (non-hydrogen) atoms. The Bertz CT molecular complexity index is 771. The fraction of sp³-hybridized carbons (Fsp3) is 0.571. The molecule has 0 spiro atoms. The lowest BCUT2D eigenvalue weighted by atomic mass is 9.99. The summed E-state index contributed by atoms with van der Waals surface area (Å²) in [5.41, 5.74) is -2.06. The number of amides is 1. The lowest BCUT2D eigenvalue weighted by Gasteiger charge is -2.40. The van der Waals surface area contributed by atoms with Gasteiger partial charge in [0.1, 0.15) is 23.9 Å². The van der Waals surface area contributed by atoms with Crippen LogP contribution in [0.1, 0.15) is 32.0 Å². The fourth-order valence-corrected chi connectivity index (χ4v) is 4.99. The largest absolute Gasteiger partial charge is 0.532 e. The van der Waals surface area contributed by atoms with Crippen LogP contribution >= 0.6 is 0 Å². The normalized spacial score (nSPS) is 26.6. The molecule has 0 radical (unpaired) electrons. The highest BCUT2D eigenvalue weighted by atomic mass is 32.2. The zero-order valence-corrected chi connectivity index (χ0v) is 14.6. The van der Waals surface area contributed by atoms with Crippen molar-refractivity contribution >= 4 is 16.4 Å². The zero-order chi connectivity index (χ0) is 19.3. The molecule has 140 valence electrons. The molecule has 1 saturated heterocycles. The molecule has 1 N–H and O–H groups in total. The summed E-state index contributed by atoms with van der Waals surface area (Å²) >= 11 is 0. The van der Waals surface area contributed by atoms with Gasteiger partial charge in [0.2, 0.25) is 0 Å². The number of carbonyl (C=O) groups is 1. The smallest absolute Gasteiger partial charge is 0.434 e. The van der Waals surface area contributed by atoms with Crippen LogP contribution in [0.5, 0.6) is 0 Å². The number of halogens is 3. The molecule has 0 saturated carbocycles. The van der Waals surface area contributed by atoms with Crippen LogP contribution < -0.4 is 0 Å². The van der Waals surface area contributed by atoms with Crippen LogP contribution in [0.3, 0.4) is 0 Å². The van der Waals surface area contributed by atoms with Crippen molar-refractivity contribution in [1.82, 2.24) is 4.98 Å². The summed E-state index contributed by atoms with van der Waals surface area (Å²) in [5.74, 6) is 0. The van der Waals surface area contributed by atoms with E-state index in [4.69, 9.17) is 4.18 Å². The molecule has 7 nitrogen and oxygen atoms in total. The molecular weight excluding hydrogens is 365 g/mol. The Morgan fingerprint density at radius 3 is 2.36 bits per heavy atom. The van der Waals surface area contributed by atoms with Gasteiger partial charge in [-0.15, -0.1) is 8.42 Å². The molecule has 11 heteroatoms. The van der Waals surface area contributed by atoms with Crippen LogP contribution in [0.4, 0.5) is 18.0 Å². The van der Waals surface area contributed by atoms with E-state index >= 15 is 0 Å². The van der Waals surface area contributed by atoms with Crippen molar-refractivity contribution in [3.8, 4) is 0 Å². The number of aromatic nitrogens is 1.